The van der Waals surface area contributed by atoms with Crippen molar-refractivity contribution in [3.63, 3.8) is 0 Å². The van der Waals surface area contributed by atoms with Gasteiger partial charge in [-0.1, -0.05) is 30.3 Å². The monoisotopic (exact) mass is 448 g/mol. The number of rotatable bonds is 4. The van der Waals surface area contributed by atoms with E-state index in [0.29, 0.717) is 12.2 Å². The SMILES string of the molecule is Cc1cccc(NC(=O)N[C@@H]2N=C(CN3CCN(C)CC3)c3cccc(C)c3N(C)C2=O)c1. The number of nitrogens with zero attached hydrogens (tertiary/aromatic N) is 4. The van der Waals surface area contributed by atoms with Crippen molar-refractivity contribution in [3.05, 3.63) is 59.2 Å². The van der Waals surface area contributed by atoms with Gasteiger partial charge >= 0.3 is 6.03 Å². The van der Waals surface area contributed by atoms with Gasteiger partial charge < -0.3 is 20.4 Å². The molecule has 2 aromatic rings. The Hall–Kier alpha value is -3.23. The van der Waals surface area contributed by atoms with Crippen LogP contribution in [0.2, 0.25) is 0 Å². The highest BCUT2D eigenvalue weighted by atomic mass is 16.2. The minimum Gasteiger partial charge on any atom is -0.311 e. The molecule has 2 N–H and O–H groups in total. The maximum Gasteiger partial charge on any atom is 0.321 e. The van der Waals surface area contributed by atoms with Crippen molar-refractivity contribution in [3.8, 4) is 0 Å². The summed E-state index contributed by atoms with van der Waals surface area (Å²) in [5, 5.41) is 5.59. The number of benzene rings is 2. The summed E-state index contributed by atoms with van der Waals surface area (Å²) in [5.74, 6) is -0.265. The lowest BCUT2D eigenvalue weighted by atomic mass is 10.0. The van der Waals surface area contributed by atoms with Crippen molar-refractivity contribution in [1.82, 2.24) is 15.1 Å². The van der Waals surface area contributed by atoms with Crippen LogP contribution in [0.3, 0.4) is 0 Å². The average molecular weight is 449 g/mol. The average Bonchev–Trinajstić information content (AvgIpc) is 2.87. The molecule has 0 bridgehead atoms. The third kappa shape index (κ3) is 5.23. The Morgan fingerprint density at radius 2 is 1.79 bits per heavy atom. The zero-order valence-corrected chi connectivity index (χ0v) is 19.8. The third-order valence-corrected chi connectivity index (χ3v) is 6.25. The largest absolute Gasteiger partial charge is 0.321 e. The van der Waals surface area contributed by atoms with Gasteiger partial charge in [-0.3, -0.25) is 14.7 Å². The van der Waals surface area contributed by atoms with Gasteiger partial charge in [-0.05, 0) is 44.2 Å². The molecule has 0 aromatic heterocycles. The second-order valence-corrected chi connectivity index (χ2v) is 8.89. The first-order valence-corrected chi connectivity index (χ1v) is 11.3. The second-order valence-electron chi connectivity index (χ2n) is 8.89. The first-order valence-electron chi connectivity index (χ1n) is 11.3. The minimum absolute atomic E-state index is 0.265. The third-order valence-electron chi connectivity index (χ3n) is 6.25. The number of urea groups is 1. The number of nitrogens with one attached hydrogen (secondary N) is 2. The lowest BCUT2D eigenvalue weighted by Crippen LogP contribution is -2.48. The fourth-order valence-corrected chi connectivity index (χ4v) is 4.36. The van der Waals surface area contributed by atoms with E-state index < -0.39 is 12.2 Å². The van der Waals surface area contributed by atoms with Crippen LogP contribution in [0.1, 0.15) is 16.7 Å². The highest BCUT2D eigenvalue weighted by Gasteiger charge is 2.32. The number of piperazine rings is 1. The lowest BCUT2D eigenvalue weighted by Gasteiger charge is -2.32. The fourth-order valence-electron chi connectivity index (χ4n) is 4.36. The number of aryl methyl sites for hydroxylation is 2. The maximum absolute atomic E-state index is 13.3. The van der Waals surface area contributed by atoms with E-state index in [1.807, 2.05) is 56.3 Å². The van der Waals surface area contributed by atoms with Gasteiger partial charge in [0.1, 0.15) is 0 Å². The highest BCUT2D eigenvalue weighted by molar-refractivity contribution is 6.14. The number of benzodiazepines with no additional fused rings is 1. The highest BCUT2D eigenvalue weighted by Crippen LogP contribution is 2.28. The molecule has 0 spiro atoms. The number of aliphatic imine (C=N–C) groups is 1. The van der Waals surface area contributed by atoms with E-state index in [-0.39, 0.29) is 5.91 Å². The van der Waals surface area contributed by atoms with Crippen LogP contribution in [-0.2, 0) is 4.79 Å². The van der Waals surface area contributed by atoms with Crippen molar-refractivity contribution in [1.29, 1.82) is 0 Å². The molecule has 2 aliphatic rings. The van der Waals surface area contributed by atoms with Gasteiger partial charge in [-0.25, -0.2) is 4.79 Å². The summed E-state index contributed by atoms with van der Waals surface area (Å²) in [4.78, 5) is 37.2. The molecular weight excluding hydrogens is 416 g/mol. The van der Waals surface area contributed by atoms with Gasteiger partial charge in [0.2, 0.25) is 6.17 Å². The second kappa shape index (κ2) is 9.72. The summed E-state index contributed by atoms with van der Waals surface area (Å²) < 4.78 is 0. The molecule has 1 atom stereocenters. The predicted molar refractivity (Wildman–Crippen MR) is 132 cm³/mol. The molecule has 1 saturated heterocycles. The Kier molecular flexibility index (Phi) is 6.76. The summed E-state index contributed by atoms with van der Waals surface area (Å²) in [6, 6.07) is 13.1. The molecule has 2 heterocycles. The Morgan fingerprint density at radius 3 is 2.52 bits per heavy atom. The number of amides is 3. The summed E-state index contributed by atoms with van der Waals surface area (Å²) in [5.41, 5.74) is 5.31. The molecule has 0 radical (unpaired) electrons. The van der Waals surface area contributed by atoms with Gasteiger partial charge in [0.05, 0.1) is 11.4 Å². The Morgan fingerprint density at radius 1 is 1.06 bits per heavy atom. The molecule has 33 heavy (non-hydrogen) atoms. The number of carbonyl (C=O) groups excluding carboxylic acids is 2. The van der Waals surface area contributed by atoms with Crippen molar-refractivity contribution < 1.29 is 9.59 Å². The van der Waals surface area contributed by atoms with Crippen LogP contribution >= 0.6 is 0 Å². The van der Waals surface area contributed by atoms with E-state index in [1.54, 1.807) is 11.9 Å². The number of carbonyl (C=O) groups is 2. The zero-order chi connectivity index (χ0) is 23.5. The summed E-state index contributed by atoms with van der Waals surface area (Å²) >= 11 is 0. The Bertz CT molecular complexity index is 1070. The van der Waals surface area contributed by atoms with Crippen LogP contribution in [0, 0.1) is 13.8 Å². The number of para-hydroxylation sites is 1. The van der Waals surface area contributed by atoms with Gasteiger partial charge in [-0.15, -0.1) is 0 Å². The Labute approximate surface area is 195 Å². The maximum atomic E-state index is 13.3. The molecule has 8 nitrogen and oxygen atoms in total. The van der Waals surface area contributed by atoms with Crippen LogP contribution in [-0.4, -0.2) is 80.4 Å². The predicted octanol–water partition coefficient (Wildman–Crippen LogP) is 2.46. The number of fused-ring (bicyclic) bond motifs is 1. The van der Waals surface area contributed by atoms with Crippen molar-refractivity contribution >= 4 is 29.0 Å². The number of hydrogen-bond donors (Lipinski definition) is 2. The molecule has 2 aliphatic heterocycles. The molecule has 0 aliphatic carbocycles. The van der Waals surface area contributed by atoms with Crippen LogP contribution in [0.25, 0.3) is 0 Å². The van der Waals surface area contributed by atoms with Gasteiger partial charge in [0.25, 0.3) is 5.91 Å². The van der Waals surface area contributed by atoms with E-state index in [4.69, 9.17) is 4.99 Å². The summed E-state index contributed by atoms with van der Waals surface area (Å²) in [7, 11) is 3.87. The van der Waals surface area contributed by atoms with Crippen LogP contribution in [0.15, 0.2) is 47.5 Å². The lowest BCUT2D eigenvalue weighted by molar-refractivity contribution is -0.119. The van der Waals surface area contributed by atoms with E-state index in [0.717, 1.165) is 54.3 Å². The van der Waals surface area contributed by atoms with Crippen LogP contribution in [0.5, 0.6) is 0 Å². The van der Waals surface area contributed by atoms with Crippen molar-refractivity contribution in [2.24, 2.45) is 4.99 Å². The van der Waals surface area contributed by atoms with Crippen molar-refractivity contribution in [2.75, 3.05) is 57.0 Å². The van der Waals surface area contributed by atoms with Gasteiger partial charge in [-0.2, -0.15) is 0 Å². The zero-order valence-electron chi connectivity index (χ0n) is 19.8. The molecule has 3 amide bonds. The standard InChI is InChI=1S/C25H32N6O2/c1-17-7-5-9-19(15-17)26-25(33)28-23-24(32)30(4)22-18(2)8-6-10-20(22)21(27-23)16-31-13-11-29(3)12-14-31/h5-10,15,23H,11-14,16H2,1-4H3,(H2,26,28,33)/t23-/m0/s1. The summed E-state index contributed by atoms with van der Waals surface area (Å²) in [6.07, 6.45) is -1.01. The molecule has 174 valence electrons. The molecule has 4 rings (SSSR count). The first kappa shape index (κ1) is 22.9. The molecule has 1 fully saturated rings. The number of anilines is 2. The number of hydrogen-bond acceptors (Lipinski definition) is 5. The van der Waals surface area contributed by atoms with Crippen LogP contribution in [0.4, 0.5) is 16.2 Å². The van der Waals surface area contributed by atoms with Gasteiger partial charge in [0, 0.05) is 51.0 Å². The van der Waals surface area contributed by atoms with E-state index in [1.165, 1.54) is 0 Å². The fraction of sp³-hybridized carbons (Fsp3) is 0.400. The number of likely N-dealkylation sites (N-methyl/N-ethyl adjacent to an activating group) is 2. The quantitative estimate of drug-likeness (QED) is 0.753. The van der Waals surface area contributed by atoms with E-state index >= 15 is 0 Å². The van der Waals surface area contributed by atoms with Gasteiger partial charge in [0.15, 0.2) is 0 Å². The van der Waals surface area contributed by atoms with Crippen LogP contribution < -0.4 is 15.5 Å². The van der Waals surface area contributed by atoms with E-state index in [9.17, 15) is 9.59 Å². The molecule has 2 aromatic carbocycles. The normalized spacial score (nSPS) is 19.5. The topological polar surface area (TPSA) is 80.3 Å². The Balaban J connectivity index is 1.61. The summed E-state index contributed by atoms with van der Waals surface area (Å²) in [6.45, 7) is 8.44. The first-order chi connectivity index (χ1) is 15.8. The molecule has 0 saturated carbocycles. The van der Waals surface area contributed by atoms with Crippen molar-refractivity contribution in [2.45, 2.75) is 20.0 Å². The van der Waals surface area contributed by atoms with E-state index in [2.05, 4.69) is 27.5 Å². The molecule has 0 unspecified atom stereocenters. The molecule has 8 heteroatoms. The minimum atomic E-state index is -1.01. The molecular formula is C25H32N6O2. The smallest absolute Gasteiger partial charge is 0.311 e.